The Bertz CT molecular complexity index is 1250. The molecule has 4 rings (SSSR count). The minimum Gasteiger partial charge on any atom is -0.347 e. The number of aryl methyl sites for hydroxylation is 1. The first kappa shape index (κ1) is 31.0. The number of rotatable bonds is 9. The van der Waals surface area contributed by atoms with Crippen LogP contribution in [0.4, 0.5) is 4.79 Å². The molecule has 1 aliphatic heterocycles. The Hall–Kier alpha value is -3.92. The van der Waals surface area contributed by atoms with Crippen molar-refractivity contribution in [2.24, 2.45) is 5.92 Å². The van der Waals surface area contributed by atoms with Crippen molar-refractivity contribution in [3.05, 3.63) is 71.3 Å². The van der Waals surface area contributed by atoms with Crippen molar-refractivity contribution in [1.82, 2.24) is 31.1 Å². The van der Waals surface area contributed by atoms with Crippen molar-refractivity contribution in [3.63, 3.8) is 0 Å². The SMILES string of the molecule is CN[C@@H](C)C(=O)N[C@H](C(=O)N1CCN(C(=O)NCc2ccccc2)C[C@H]1C(=O)NC1CCCc2ccccc21)C(C)C. The van der Waals surface area contributed by atoms with E-state index in [4.69, 9.17) is 0 Å². The van der Waals surface area contributed by atoms with Gasteiger partial charge in [-0.05, 0) is 55.8 Å². The van der Waals surface area contributed by atoms with Gasteiger partial charge in [0.1, 0.15) is 12.1 Å². The Morgan fingerprint density at radius 3 is 2.38 bits per heavy atom. The average molecular weight is 577 g/mol. The third-order valence-electron chi connectivity index (χ3n) is 8.28. The number of fused-ring (bicyclic) bond motifs is 1. The Balaban J connectivity index is 1.54. The van der Waals surface area contributed by atoms with E-state index in [2.05, 4.69) is 27.3 Å². The molecule has 0 spiro atoms. The molecule has 0 bridgehead atoms. The van der Waals surface area contributed by atoms with Crippen molar-refractivity contribution in [3.8, 4) is 0 Å². The fourth-order valence-corrected chi connectivity index (χ4v) is 5.61. The smallest absolute Gasteiger partial charge is 0.317 e. The van der Waals surface area contributed by atoms with Gasteiger partial charge in [-0.2, -0.15) is 0 Å². The van der Waals surface area contributed by atoms with Crippen molar-refractivity contribution in [2.45, 2.75) is 70.7 Å². The molecule has 1 heterocycles. The van der Waals surface area contributed by atoms with Crippen LogP contribution in [0.5, 0.6) is 0 Å². The third kappa shape index (κ3) is 7.47. The normalized spacial score (nSPS) is 19.8. The summed E-state index contributed by atoms with van der Waals surface area (Å²) in [6, 6.07) is 15.1. The molecule has 42 heavy (non-hydrogen) atoms. The van der Waals surface area contributed by atoms with Crippen molar-refractivity contribution < 1.29 is 19.2 Å². The molecule has 4 N–H and O–H groups in total. The molecule has 2 aliphatic rings. The topological polar surface area (TPSA) is 123 Å². The van der Waals surface area contributed by atoms with Crippen LogP contribution in [0, 0.1) is 5.92 Å². The van der Waals surface area contributed by atoms with Crippen LogP contribution in [0.3, 0.4) is 0 Å². The number of carbonyl (C=O) groups excluding carboxylic acids is 4. The quantitative estimate of drug-likeness (QED) is 0.365. The summed E-state index contributed by atoms with van der Waals surface area (Å²) in [5, 5.41) is 11.9. The predicted octanol–water partition coefficient (Wildman–Crippen LogP) is 2.35. The van der Waals surface area contributed by atoms with E-state index in [0.717, 1.165) is 30.4 Å². The molecule has 4 atom stereocenters. The molecule has 2 aromatic carbocycles. The van der Waals surface area contributed by atoms with Gasteiger partial charge in [-0.25, -0.2) is 4.79 Å². The first-order valence-electron chi connectivity index (χ1n) is 14.9. The number of hydrogen-bond acceptors (Lipinski definition) is 5. The molecule has 10 heteroatoms. The van der Waals surface area contributed by atoms with Gasteiger partial charge in [-0.1, -0.05) is 68.4 Å². The summed E-state index contributed by atoms with van der Waals surface area (Å²) in [4.78, 5) is 57.0. The van der Waals surface area contributed by atoms with Crippen molar-refractivity contribution >= 4 is 23.8 Å². The van der Waals surface area contributed by atoms with Crippen molar-refractivity contribution in [1.29, 1.82) is 0 Å². The molecule has 226 valence electrons. The lowest BCUT2D eigenvalue weighted by Crippen LogP contribution is -2.66. The Morgan fingerprint density at radius 2 is 1.67 bits per heavy atom. The van der Waals surface area contributed by atoms with Crippen LogP contribution in [0.25, 0.3) is 0 Å². The Morgan fingerprint density at radius 1 is 0.952 bits per heavy atom. The summed E-state index contributed by atoms with van der Waals surface area (Å²) in [6.45, 7) is 6.33. The number of nitrogens with one attached hydrogen (secondary N) is 4. The molecule has 5 amide bonds. The molecule has 1 fully saturated rings. The summed E-state index contributed by atoms with van der Waals surface area (Å²) in [7, 11) is 1.68. The fourth-order valence-electron chi connectivity index (χ4n) is 5.61. The highest BCUT2D eigenvalue weighted by Gasteiger charge is 2.41. The van der Waals surface area contributed by atoms with Gasteiger partial charge in [-0.15, -0.1) is 0 Å². The molecule has 1 saturated heterocycles. The zero-order valence-electron chi connectivity index (χ0n) is 25.1. The standard InChI is InChI=1S/C32H44N6O4/c1-21(2)28(36-29(39)22(3)33-4)31(41)38-18-17-37(32(42)34-19-23-11-6-5-7-12-23)20-27(38)30(40)35-26-16-10-14-24-13-8-9-15-25(24)26/h5-9,11-13,15,21-22,26-28,33H,10,14,16-20H2,1-4H3,(H,34,42)(H,35,40)(H,36,39)/t22-,26?,27-,28-/m0/s1. The Labute approximate surface area is 248 Å². The van der Waals surface area contributed by atoms with E-state index >= 15 is 0 Å². The maximum atomic E-state index is 14.0. The van der Waals surface area contributed by atoms with Gasteiger partial charge >= 0.3 is 6.03 Å². The second-order valence-electron chi connectivity index (χ2n) is 11.5. The highest BCUT2D eigenvalue weighted by molar-refractivity contribution is 5.94. The molecule has 0 radical (unpaired) electrons. The van der Waals surface area contributed by atoms with E-state index in [-0.39, 0.29) is 55.3 Å². The maximum absolute atomic E-state index is 14.0. The van der Waals surface area contributed by atoms with Gasteiger partial charge in [0, 0.05) is 19.6 Å². The number of hydrogen-bond donors (Lipinski definition) is 4. The lowest BCUT2D eigenvalue weighted by Gasteiger charge is -2.43. The van der Waals surface area contributed by atoms with Crippen LogP contribution < -0.4 is 21.3 Å². The lowest BCUT2D eigenvalue weighted by atomic mass is 9.87. The van der Waals surface area contributed by atoms with Gasteiger partial charge in [0.15, 0.2) is 0 Å². The zero-order valence-corrected chi connectivity index (χ0v) is 25.1. The molecule has 0 saturated carbocycles. The Kier molecular flexibility index (Phi) is 10.6. The van der Waals surface area contributed by atoms with Gasteiger partial charge in [0.05, 0.1) is 18.6 Å². The third-order valence-corrected chi connectivity index (χ3v) is 8.28. The zero-order chi connectivity index (χ0) is 30.2. The molecule has 10 nitrogen and oxygen atoms in total. The van der Waals surface area contributed by atoms with E-state index < -0.39 is 18.1 Å². The van der Waals surface area contributed by atoms with E-state index in [1.807, 2.05) is 62.4 Å². The number of carbonyl (C=O) groups is 4. The van der Waals surface area contributed by atoms with Crippen LogP contribution in [0.15, 0.2) is 54.6 Å². The van der Waals surface area contributed by atoms with Crippen LogP contribution in [0.2, 0.25) is 0 Å². The molecule has 0 aromatic heterocycles. The second-order valence-corrected chi connectivity index (χ2v) is 11.5. The van der Waals surface area contributed by atoms with E-state index in [1.165, 1.54) is 5.56 Å². The maximum Gasteiger partial charge on any atom is 0.317 e. The first-order chi connectivity index (χ1) is 20.2. The van der Waals surface area contributed by atoms with Gasteiger partial charge < -0.3 is 31.1 Å². The van der Waals surface area contributed by atoms with Crippen LogP contribution in [0.1, 0.15) is 56.3 Å². The van der Waals surface area contributed by atoms with Crippen molar-refractivity contribution in [2.75, 3.05) is 26.7 Å². The fraction of sp³-hybridized carbons (Fsp3) is 0.500. The predicted molar refractivity (Wildman–Crippen MR) is 161 cm³/mol. The van der Waals surface area contributed by atoms with Gasteiger partial charge in [0.25, 0.3) is 0 Å². The summed E-state index contributed by atoms with van der Waals surface area (Å²) in [5.41, 5.74) is 3.28. The van der Waals surface area contributed by atoms with Crippen LogP contribution in [-0.4, -0.2) is 78.4 Å². The summed E-state index contributed by atoms with van der Waals surface area (Å²) in [6.07, 6.45) is 2.72. The van der Waals surface area contributed by atoms with Gasteiger partial charge in [-0.3, -0.25) is 14.4 Å². The first-order valence-corrected chi connectivity index (χ1v) is 14.9. The number of amides is 5. The van der Waals surface area contributed by atoms with Crippen LogP contribution in [-0.2, 0) is 27.3 Å². The number of benzene rings is 2. The minimum atomic E-state index is -0.900. The summed E-state index contributed by atoms with van der Waals surface area (Å²) >= 11 is 0. The number of piperazine rings is 1. The molecular formula is C32H44N6O4. The largest absolute Gasteiger partial charge is 0.347 e. The van der Waals surface area contributed by atoms with E-state index in [9.17, 15) is 19.2 Å². The summed E-state index contributed by atoms with van der Waals surface area (Å²) < 4.78 is 0. The summed E-state index contributed by atoms with van der Waals surface area (Å²) in [5.74, 6) is -1.12. The molecule has 1 unspecified atom stereocenters. The van der Waals surface area contributed by atoms with E-state index in [1.54, 1.807) is 23.8 Å². The highest BCUT2D eigenvalue weighted by atomic mass is 16.2. The highest BCUT2D eigenvalue weighted by Crippen LogP contribution is 2.30. The monoisotopic (exact) mass is 576 g/mol. The lowest BCUT2D eigenvalue weighted by molar-refractivity contribution is -0.147. The second kappa shape index (κ2) is 14.3. The number of nitrogens with zero attached hydrogens (tertiary/aromatic N) is 2. The van der Waals surface area contributed by atoms with Gasteiger partial charge in [0.2, 0.25) is 17.7 Å². The number of urea groups is 1. The van der Waals surface area contributed by atoms with E-state index in [0.29, 0.717) is 6.54 Å². The molecule has 1 aliphatic carbocycles. The molecule has 2 aromatic rings. The molecular weight excluding hydrogens is 532 g/mol. The number of likely N-dealkylation sites (N-methyl/N-ethyl adjacent to an activating group) is 1. The minimum absolute atomic E-state index is 0.0538. The van der Waals surface area contributed by atoms with Crippen LogP contribution >= 0.6 is 0 Å². The average Bonchev–Trinajstić information content (AvgIpc) is 3.01.